The van der Waals surface area contributed by atoms with Crippen LogP contribution in [0.4, 0.5) is 17.1 Å². The Labute approximate surface area is 371 Å². The normalized spacial score (nSPS) is 14.5. The van der Waals surface area contributed by atoms with E-state index in [1.165, 1.54) is 89.0 Å². The van der Waals surface area contributed by atoms with Crippen LogP contribution < -0.4 is 4.90 Å². The van der Waals surface area contributed by atoms with Gasteiger partial charge in [-0.3, -0.25) is 0 Å². The molecule has 0 aliphatic heterocycles. The summed E-state index contributed by atoms with van der Waals surface area (Å²) in [5, 5.41) is 2.24. The smallest absolute Gasteiger partial charge is 0.137 e. The second-order valence-electron chi connectivity index (χ2n) is 17.8. The number of nitrogens with zero attached hydrogens (tertiary/aromatic N) is 1. The Kier molecular flexibility index (Phi) is 6.58. The first-order valence-electron chi connectivity index (χ1n) is 22.3. The Morgan fingerprint density at radius 1 is 0.281 bits per heavy atom. The van der Waals surface area contributed by atoms with E-state index in [0.29, 0.717) is 0 Å². The quantitative estimate of drug-likeness (QED) is 0.177. The molecule has 2 spiro atoms. The van der Waals surface area contributed by atoms with Gasteiger partial charge in [0.15, 0.2) is 0 Å². The van der Waals surface area contributed by atoms with Gasteiger partial charge in [-0.2, -0.15) is 0 Å². The Hall–Kier alpha value is -8.20. The van der Waals surface area contributed by atoms with Crippen LogP contribution in [0.2, 0.25) is 0 Å². The molecule has 0 bridgehead atoms. The van der Waals surface area contributed by atoms with Crippen LogP contribution >= 0.6 is 0 Å². The van der Waals surface area contributed by atoms with Crippen molar-refractivity contribution in [1.29, 1.82) is 0 Å². The molecule has 10 aromatic carbocycles. The first-order valence-corrected chi connectivity index (χ1v) is 22.3. The van der Waals surface area contributed by atoms with E-state index in [1.807, 2.05) is 0 Å². The van der Waals surface area contributed by atoms with Crippen molar-refractivity contribution in [3.63, 3.8) is 0 Å². The van der Waals surface area contributed by atoms with Crippen LogP contribution in [-0.4, -0.2) is 0 Å². The summed E-state index contributed by atoms with van der Waals surface area (Å²) < 4.78 is 6.66. The third kappa shape index (κ3) is 4.03. The number of rotatable bonds is 3. The molecule has 4 aliphatic rings. The lowest BCUT2D eigenvalue weighted by Gasteiger charge is -2.33. The zero-order valence-corrected chi connectivity index (χ0v) is 34.7. The summed E-state index contributed by atoms with van der Waals surface area (Å²) in [6.07, 6.45) is 0. The van der Waals surface area contributed by atoms with E-state index in [9.17, 15) is 0 Å². The van der Waals surface area contributed by atoms with Gasteiger partial charge in [0.05, 0.1) is 16.5 Å². The maximum atomic E-state index is 6.66. The van der Waals surface area contributed by atoms with Crippen molar-refractivity contribution in [3.05, 3.63) is 269 Å². The van der Waals surface area contributed by atoms with E-state index < -0.39 is 10.8 Å². The highest BCUT2D eigenvalue weighted by molar-refractivity contribution is 6.07. The van der Waals surface area contributed by atoms with E-state index in [2.05, 4.69) is 229 Å². The molecule has 64 heavy (non-hydrogen) atoms. The molecule has 0 saturated carbocycles. The minimum atomic E-state index is -0.476. The largest absolute Gasteiger partial charge is 0.456 e. The fraction of sp³-hybridized carbons (Fsp3) is 0.0323. The van der Waals surface area contributed by atoms with Crippen LogP contribution in [-0.2, 0) is 10.8 Å². The molecule has 2 heteroatoms. The van der Waals surface area contributed by atoms with E-state index in [1.54, 1.807) is 0 Å². The molecule has 11 aromatic rings. The van der Waals surface area contributed by atoms with Gasteiger partial charge in [-0.15, -0.1) is 0 Å². The molecular weight excluding hydrogens is 775 g/mol. The Morgan fingerprint density at radius 3 is 1.27 bits per heavy atom. The SMILES string of the molecule is c1ccc2c(c1)-c1ccccc1C21c2ccccc2-c2ccc(N(c3ccc4c(c3)oc3ccccc34)c3cccc4c3-c3ccccc3C43c4ccccc4-c4ccccc43)cc21. The lowest BCUT2D eigenvalue weighted by Crippen LogP contribution is -2.26. The molecule has 0 saturated heterocycles. The van der Waals surface area contributed by atoms with E-state index in [-0.39, 0.29) is 0 Å². The number of para-hydroxylation sites is 1. The lowest BCUT2D eigenvalue weighted by molar-refractivity contribution is 0.669. The minimum absolute atomic E-state index is 0.468. The van der Waals surface area contributed by atoms with Gasteiger partial charge in [-0.1, -0.05) is 182 Å². The zero-order chi connectivity index (χ0) is 41.7. The second kappa shape index (κ2) is 12.2. The molecule has 0 N–H and O–H groups in total. The predicted octanol–water partition coefficient (Wildman–Crippen LogP) is 15.7. The summed E-state index contributed by atoms with van der Waals surface area (Å²) in [5.41, 5.74) is 25.0. The van der Waals surface area contributed by atoms with Crippen molar-refractivity contribution in [2.24, 2.45) is 0 Å². The molecule has 0 radical (unpaired) electrons. The maximum Gasteiger partial charge on any atom is 0.137 e. The molecular formula is C62H37NO. The number of fused-ring (bicyclic) bond motifs is 23. The monoisotopic (exact) mass is 811 g/mol. The molecule has 15 rings (SSSR count). The molecule has 4 aliphatic carbocycles. The van der Waals surface area contributed by atoms with Crippen molar-refractivity contribution in [2.45, 2.75) is 10.8 Å². The third-order valence-electron chi connectivity index (χ3n) is 15.1. The molecule has 0 atom stereocenters. The van der Waals surface area contributed by atoms with Crippen molar-refractivity contribution < 1.29 is 4.42 Å². The van der Waals surface area contributed by atoms with E-state index >= 15 is 0 Å². The lowest BCUT2D eigenvalue weighted by atomic mass is 9.70. The summed E-state index contributed by atoms with van der Waals surface area (Å²) >= 11 is 0. The first kappa shape index (κ1) is 34.4. The number of anilines is 3. The Bertz CT molecular complexity index is 3720. The van der Waals surface area contributed by atoms with Crippen molar-refractivity contribution in [2.75, 3.05) is 4.90 Å². The predicted molar refractivity (Wildman–Crippen MR) is 261 cm³/mol. The first-order chi connectivity index (χ1) is 31.8. The fourth-order valence-corrected chi connectivity index (χ4v) is 12.8. The van der Waals surface area contributed by atoms with Gasteiger partial charge in [0, 0.05) is 33.8 Å². The molecule has 2 nitrogen and oxygen atoms in total. The van der Waals surface area contributed by atoms with Crippen LogP contribution in [0, 0.1) is 0 Å². The van der Waals surface area contributed by atoms with Gasteiger partial charge < -0.3 is 9.32 Å². The van der Waals surface area contributed by atoms with Crippen molar-refractivity contribution in [1.82, 2.24) is 0 Å². The van der Waals surface area contributed by atoms with Gasteiger partial charge in [0.1, 0.15) is 11.2 Å². The van der Waals surface area contributed by atoms with Crippen molar-refractivity contribution >= 4 is 39.0 Å². The molecule has 1 aromatic heterocycles. The highest BCUT2D eigenvalue weighted by Gasteiger charge is 2.54. The van der Waals surface area contributed by atoms with E-state index in [0.717, 1.165) is 39.0 Å². The van der Waals surface area contributed by atoms with Crippen LogP contribution in [0.15, 0.2) is 229 Å². The summed E-state index contributed by atoms with van der Waals surface area (Å²) in [6, 6.07) is 83.9. The summed E-state index contributed by atoms with van der Waals surface area (Å²) in [4.78, 5) is 2.51. The van der Waals surface area contributed by atoms with E-state index in [4.69, 9.17) is 4.42 Å². The second-order valence-corrected chi connectivity index (χ2v) is 17.8. The van der Waals surface area contributed by atoms with Gasteiger partial charge in [0.25, 0.3) is 0 Å². The minimum Gasteiger partial charge on any atom is -0.456 e. The van der Waals surface area contributed by atoms with Crippen LogP contribution in [0.5, 0.6) is 0 Å². The summed E-state index contributed by atoms with van der Waals surface area (Å²) in [5.74, 6) is 0. The molecule has 0 unspecified atom stereocenters. The highest BCUT2D eigenvalue weighted by Crippen LogP contribution is 2.66. The summed E-state index contributed by atoms with van der Waals surface area (Å²) in [6.45, 7) is 0. The third-order valence-corrected chi connectivity index (χ3v) is 15.1. The van der Waals surface area contributed by atoms with Crippen LogP contribution in [0.1, 0.15) is 44.5 Å². The molecule has 1 heterocycles. The number of furan rings is 1. The molecule has 0 fully saturated rings. The number of hydrogen-bond donors (Lipinski definition) is 0. The maximum absolute atomic E-state index is 6.66. The fourth-order valence-electron chi connectivity index (χ4n) is 12.8. The zero-order valence-electron chi connectivity index (χ0n) is 34.7. The average molecular weight is 812 g/mol. The van der Waals surface area contributed by atoms with Crippen LogP contribution in [0.3, 0.4) is 0 Å². The Morgan fingerprint density at radius 2 is 0.688 bits per heavy atom. The molecule has 0 amide bonds. The highest BCUT2D eigenvalue weighted by atomic mass is 16.3. The van der Waals surface area contributed by atoms with Gasteiger partial charge in [0.2, 0.25) is 0 Å². The standard InChI is InChI=1S/C62H37NO/c1-8-23-49-40(16-1)41-17-2-9-24-50(41)61(49)54-28-13-6-22-48(54)60-55(61)29-15-30-57(60)63(39-33-35-47-46-21-7-14-31-58(46)64-59(47)37-39)38-32-34-45-44-20-5-12-27-53(44)62(56(45)36-38)51-25-10-3-18-42(51)43-19-4-11-26-52(43)62/h1-37H. The molecule has 296 valence electrons. The van der Waals surface area contributed by atoms with Crippen molar-refractivity contribution in [3.8, 4) is 44.5 Å². The van der Waals surface area contributed by atoms with Gasteiger partial charge in [-0.05, 0) is 120 Å². The number of benzene rings is 10. The summed E-state index contributed by atoms with van der Waals surface area (Å²) in [7, 11) is 0. The topological polar surface area (TPSA) is 16.4 Å². The van der Waals surface area contributed by atoms with Gasteiger partial charge >= 0.3 is 0 Å². The van der Waals surface area contributed by atoms with Gasteiger partial charge in [-0.25, -0.2) is 0 Å². The Balaban J connectivity index is 1.04. The number of hydrogen-bond acceptors (Lipinski definition) is 2. The van der Waals surface area contributed by atoms with Crippen LogP contribution in [0.25, 0.3) is 66.4 Å². The average Bonchev–Trinajstić information content (AvgIpc) is 4.13.